The van der Waals surface area contributed by atoms with E-state index >= 15 is 0 Å². The van der Waals surface area contributed by atoms with E-state index in [2.05, 4.69) is 42.5 Å². The van der Waals surface area contributed by atoms with Crippen LogP contribution in [-0.4, -0.2) is 39.7 Å². The summed E-state index contributed by atoms with van der Waals surface area (Å²) in [5, 5.41) is 7.72. The van der Waals surface area contributed by atoms with E-state index in [0.717, 1.165) is 25.1 Å². The number of benzene rings is 1. The number of aromatic nitrogens is 2. The van der Waals surface area contributed by atoms with Gasteiger partial charge in [0.2, 0.25) is 5.91 Å². The second-order valence-corrected chi connectivity index (χ2v) is 6.74. The molecule has 3 rings (SSSR count). The molecule has 1 aromatic heterocycles. The minimum absolute atomic E-state index is 0.167. The summed E-state index contributed by atoms with van der Waals surface area (Å²) in [6.07, 6.45) is 4.84. The summed E-state index contributed by atoms with van der Waals surface area (Å²) in [7, 11) is 0. The van der Waals surface area contributed by atoms with Gasteiger partial charge in [-0.05, 0) is 43.9 Å². The highest BCUT2D eigenvalue weighted by molar-refractivity contribution is 5.78. The highest BCUT2D eigenvalue weighted by Crippen LogP contribution is 2.18. The SMILES string of the molecule is Cc1cnn([C@@H](C)[C@H](C)NCC(=O)N2CCc3ccccc3C2)c1. The number of fused-ring (bicyclic) bond motifs is 1. The lowest BCUT2D eigenvalue weighted by molar-refractivity contribution is -0.131. The molecule has 0 bridgehead atoms. The summed E-state index contributed by atoms with van der Waals surface area (Å²) < 4.78 is 1.95. The number of hydrogen-bond acceptors (Lipinski definition) is 3. The Morgan fingerprint density at radius 1 is 1.29 bits per heavy atom. The van der Waals surface area contributed by atoms with E-state index in [-0.39, 0.29) is 18.0 Å². The number of aryl methyl sites for hydroxylation is 1. The zero-order chi connectivity index (χ0) is 17.1. The van der Waals surface area contributed by atoms with Crippen LogP contribution in [0, 0.1) is 6.92 Å². The molecule has 0 spiro atoms. The fraction of sp³-hybridized carbons (Fsp3) is 0.474. The van der Waals surface area contributed by atoms with Crippen molar-refractivity contribution < 1.29 is 4.79 Å². The normalized spacial score (nSPS) is 16.5. The van der Waals surface area contributed by atoms with Gasteiger partial charge in [-0.25, -0.2) is 0 Å². The first-order valence-corrected chi connectivity index (χ1v) is 8.63. The van der Waals surface area contributed by atoms with Crippen molar-refractivity contribution in [2.45, 2.75) is 45.8 Å². The maximum absolute atomic E-state index is 12.5. The van der Waals surface area contributed by atoms with Crippen LogP contribution >= 0.6 is 0 Å². The van der Waals surface area contributed by atoms with E-state index < -0.39 is 0 Å². The second kappa shape index (κ2) is 7.18. The summed E-state index contributed by atoms with van der Waals surface area (Å²) in [6.45, 7) is 8.14. The molecule has 1 aliphatic rings. The maximum Gasteiger partial charge on any atom is 0.236 e. The smallest absolute Gasteiger partial charge is 0.236 e. The van der Waals surface area contributed by atoms with Crippen LogP contribution in [-0.2, 0) is 17.8 Å². The van der Waals surface area contributed by atoms with Crippen LogP contribution in [0.15, 0.2) is 36.7 Å². The van der Waals surface area contributed by atoms with Gasteiger partial charge in [-0.3, -0.25) is 9.48 Å². The number of nitrogens with one attached hydrogen (secondary N) is 1. The Hall–Kier alpha value is -2.14. The molecule has 0 radical (unpaired) electrons. The lowest BCUT2D eigenvalue weighted by Crippen LogP contribution is -2.44. The van der Waals surface area contributed by atoms with Gasteiger partial charge in [-0.2, -0.15) is 5.10 Å². The molecule has 0 saturated heterocycles. The van der Waals surface area contributed by atoms with Crippen molar-refractivity contribution in [3.8, 4) is 0 Å². The predicted octanol–water partition coefficient (Wildman–Crippen LogP) is 2.32. The molecule has 2 atom stereocenters. The quantitative estimate of drug-likeness (QED) is 0.917. The maximum atomic E-state index is 12.5. The van der Waals surface area contributed by atoms with Crippen LogP contribution in [0.2, 0.25) is 0 Å². The molecule has 0 aliphatic carbocycles. The molecule has 0 unspecified atom stereocenters. The number of amides is 1. The Bertz CT molecular complexity index is 709. The molecule has 2 heterocycles. The third kappa shape index (κ3) is 3.67. The van der Waals surface area contributed by atoms with Crippen molar-refractivity contribution >= 4 is 5.91 Å². The van der Waals surface area contributed by atoms with Gasteiger partial charge < -0.3 is 10.2 Å². The van der Waals surface area contributed by atoms with Crippen molar-refractivity contribution in [2.75, 3.05) is 13.1 Å². The van der Waals surface area contributed by atoms with Gasteiger partial charge in [-0.1, -0.05) is 24.3 Å². The fourth-order valence-electron chi connectivity index (χ4n) is 3.12. The zero-order valence-electron chi connectivity index (χ0n) is 14.7. The van der Waals surface area contributed by atoms with Crippen molar-refractivity contribution in [1.82, 2.24) is 20.0 Å². The number of rotatable bonds is 5. The highest BCUT2D eigenvalue weighted by atomic mass is 16.2. The third-order valence-electron chi connectivity index (χ3n) is 4.93. The van der Waals surface area contributed by atoms with E-state index in [0.29, 0.717) is 6.54 Å². The first-order valence-electron chi connectivity index (χ1n) is 8.63. The minimum atomic E-state index is 0.167. The first-order chi connectivity index (χ1) is 11.5. The Morgan fingerprint density at radius 2 is 2.04 bits per heavy atom. The van der Waals surface area contributed by atoms with Crippen molar-refractivity contribution in [3.63, 3.8) is 0 Å². The summed E-state index contributed by atoms with van der Waals surface area (Å²) in [4.78, 5) is 14.5. The van der Waals surface area contributed by atoms with Crippen LogP contribution in [0.4, 0.5) is 0 Å². The molecule has 0 fully saturated rings. The van der Waals surface area contributed by atoms with Gasteiger partial charge in [0.25, 0.3) is 0 Å². The monoisotopic (exact) mass is 326 g/mol. The van der Waals surface area contributed by atoms with E-state index in [1.165, 1.54) is 11.1 Å². The van der Waals surface area contributed by atoms with Gasteiger partial charge in [0.1, 0.15) is 0 Å². The average Bonchev–Trinajstić information content (AvgIpc) is 3.04. The second-order valence-electron chi connectivity index (χ2n) is 6.74. The minimum Gasteiger partial charge on any atom is -0.337 e. The number of hydrogen-bond donors (Lipinski definition) is 1. The van der Waals surface area contributed by atoms with Gasteiger partial charge in [0.05, 0.1) is 18.8 Å². The van der Waals surface area contributed by atoms with Gasteiger partial charge >= 0.3 is 0 Å². The van der Waals surface area contributed by atoms with E-state index in [1.54, 1.807) is 0 Å². The lowest BCUT2D eigenvalue weighted by atomic mass is 10.00. The fourth-order valence-corrected chi connectivity index (χ4v) is 3.12. The summed E-state index contributed by atoms with van der Waals surface area (Å²) >= 11 is 0. The largest absolute Gasteiger partial charge is 0.337 e. The highest BCUT2D eigenvalue weighted by Gasteiger charge is 2.21. The first kappa shape index (κ1) is 16.7. The molecule has 5 heteroatoms. The lowest BCUT2D eigenvalue weighted by Gasteiger charge is -2.30. The molecule has 1 aromatic carbocycles. The van der Waals surface area contributed by atoms with E-state index in [9.17, 15) is 4.79 Å². The standard InChI is InChI=1S/C19H26N4O/c1-14-10-21-23(12-14)16(3)15(2)20-11-19(24)22-9-8-17-6-4-5-7-18(17)13-22/h4-7,10,12,15-16,20H,8-9,11,13H2,1-3H3/t15-,16-/m0/s1. The molecular formula is C19H26N4O. The summed E-state index contributed by atoms with van der Waals surface area (Å²) in [6, 6.07) is 8.76. The van der Waals surface area contributed by atoms with Crippen molar-refractivity contribution in [3.05, 3.63) is 53.3 Å². The molecule has 2 aromatic rings. The summed E-state index contributed by atoms with van der Waals surface area (Å²) in [5.74, 6) is 0.167. The number of nitrogens with zero attached hydrogens (tertiary/aromatic N) is 3. The van der Waals surface area contributed by atoms with E-state index in [1.807, 2.05) is 35.0 Å². The van der Waals surface area contributed by atoms with E-state index in [4.69, 9.17) is 0 Å². The van der Waals surface area contributed by atoms with Gasteiger partial charge in [0, 0.05) is 25.3 Å². The Balaban J connectivity index is 1.52. The molecular weight excluding hydrogens is 300 g/mol. The molecule has 0 saturated carbocycles. The van der Waals surface area contributed by atoms with Crippen molar-refractivity contribution in [2.24, 2.45) is 0 Å². The Morgan fingerprint density at radius 3 is 2.75 bits per heavy atom. The molecule has 1 amide bonds. The third-order valence-corrected chi connectivity index (χ3v) is 4.93. The van der Waals surface area contributed by atoms with Gasteiger partial charge in [0.15, 0.2) is 0 Å². The summed E-state index contributed by atoms with van der Waals surface area (Å²) in [5.41, 5.74) is 3.79. The van der Waals surface area contributed by atoms with Crippen LogP contribution in [0.3, 0.4) is 0 Å². The number of carbonyl (C=O) groups excluding carboxylic acids is 1. The molecule has 5 nitrogen and oxygen atoms in total. The number of carbonyl (C=O) groups is 1. The predicted molar refractivity (Wildman–Crippen MR) is 94.7 cm³/mol. The molecule has 128 valence electrons. The molecule has 1 N–H and O–H groups in total. The van der Waals surface area contributed by atoms with Crippen LogP contribution in [0.5, 0.6) is 0 Å². The van der Waals surface area contributed by atoms with Gasteiger partial charge in [-0.15, -0.1) is 0 Å². The Kier molecular flexibility index (Phi) is 5.00. The van der Waals surface area contributed by atoms with Crippen LogP contribution in [0.1, 0.15) is 36.6 Å². The van der Waals surface area contributed by atoms with Crippen LogP contribution in [0.25, 0.3) is 0 Å². The van der Waals surface area contributed by atoms with Crippen molar-refractivity contribution in [1.29, 1.82) is 0 Å². The molecule has 1 aliphatic heterocycles. The zero-order valence-corrected chi connectivity index (χ0v) is 14.7. The average molecular weight is 326 g/mol. The molecule has 24 heavy (non-hydrogen) atoms. The Labute approximate surface area is 143 Å². The topological polar surface area (TPSA) is 50.2 Å². The van der Waals surface area contributed by atoms with Crippen LogP contribution < -0.4 is 5.32 Å².